The van der Waals surface area contributed by atoms with Gasteiger partial charge in [-0.1, -0.05) is 34.6 Å². The van der Waals surface area contributed by atoms with Gasteiger partial charge in [0.1, 0.15) is 5.82 Å². The molecule has 0 aliphatic heterocycles. The van der Waals surface area contributed by atoms with E-state index in [0.29, 0.717) is 30.1 Å². The first-order valence-electron chi connectivity index (χ1n) is 8.54. The van der Waals surface area contributed by atoms with E-state index in [-0.39, 0.29) is 45.5 Å². The highest BCUT2D eigenvalue weighted by Gasteiger charge is 2.16. The zero-order valence-electron chi connectivity index (χ0n) is 14.9. The van der Waals surface area contributed by atoms with Crippen LogP contribution in [0.4, 0.5) is 18.9 Å². The molecule has 0 aliphatic carbocycles. The number of rotatable bonds is 8. The molecule has 3 rings (SSSR count). The van der Waals surface area contributed by atoms with Crippen molar-refractivity contribution in [3.05, 3.63) is 59.2 Å². The van der Waals surface area contributed by atoms with Crippen LogP contribution in [0.2, 0.25) is 5.02 Å². The van der Waals surface area contributed by atoms with Gasteiger partial charge in [-0.2, -0.15) is 13.8 Å². The number of aromatic nitrogens is 2. The van der Waals surface area contributed by atoms with Crippen LogP contribution >= 0.6 is 23.4 Å². The molecule has 0 saturated carbocycles. The van der Waals surface area contributed by atoms with Crippen LogP contribution in [0.5, 0.6) is 0 Å². The van der Waals surface area contributed by atoms with Crippen LogP contribution in [-0.4, -0.2) is 21.8 Å². The molecule has 1 heterocycles. The average molecular weight is 442 g/mol. The SMILES string of the molecule is O=C(CCCc1nc(-c2ccc(F)cc2)no1)Nc1cccc(Cl)c1SC(F)F. The topological polar surface area (TPSA) is 68.0 Å². The van der Waals surface area contributed by atoms with Gasteiger partial charge in [-0.25, -0.2) is 4.39 Å². The van der Waals surface area contributed by atoms with Gasteiger partial charge in [0.05, 0.1) is 15.6 Å². The van der Waals surface area contributed by atoms with Gasteiger partial charge in [-0.05, 0) is 42.8 Å². The predicted molar refractivity (Wildman–Crippen MR) is 105 cm³/mol. The quantitative estimate of drug-likeness (QED) is 0.447. The van der Waals surface area contributed by atoms with Crippen LogP contribution in [0, 0.1) is 5.82 Å². The van der Waals surface area contributed by atoms with Crippen LogP contribution in [-0.2, 0) is 11.2 Å². The number of hydrogen-bond acceptors (Lipinski definition) is 5. The van der Waals surface area contributed by atoms with Crippen LogP contribution in [0.3, 0.4) is 0 Å². The second kappa shape index (κ2) is 9.80. The number of carbonyl (C=O) groups is 1. The number of aryl methyl sites for hydroxylation is 1. The minimum Gasteiger partial charge on any atom is -0.339 e. The molecule has 152 valence electrons. The molecule has 29 heavy (non-hydrogen) atoms. The molecule has 1 N–H and O–H groups in total. The lowest BCUT2D eigenvalue weighted by atomic mass is 10.2. The van der Waals surface area contributed by atoms with Crippen LogP contribution in [0.25, 0.3) is 11.4 Å². The van der Waals surface area contributed by atoms with Crippen molar-refractivity contribution in [3.63, 3.8) is 0 Å². The number of anilines is 1. The molecular weight excluding hydrogens is 427 g/mol. The van der Waals surface area contributed by atoms with Crippen LogP contribution in [0.15, 0.2) is 51.9 Å². The Balaban J connectivity index is 1.53. The Kier molecular flexibility index (Phi) is 7.16. The van der Waals surface area contributed by atoms with Crippen LogP contribution in [0.1, 0.15) is 18.7 Å². The third kappa shape index (κ3) is 5.98. The summed E-state index contributed by atoms with van der Waals surface area (Å²) in [7, 11) is 0. The van der Waals surface area contributed by atoms with Gasteiger partial charge in [0.2, 0.25) is 17.6 Å². The van der Waals surface area contributed by atoms with E-state index >= 15 is 0 Å². The lowest BCUT2D eigenvalue weighted by molar-refractivity contribution is -0.116. The minimum atomic E-state index is -2.65. The smallest absolute Gasteiger partial charge is 0.289 e. The maximum absolute atomic E-state index is 13.0. The summed E-state index contributed by atoms with van der Waals surface area (Å²) < 4.78 is 43.5. The zero-order valence-corrected chi connectivity index (χ0v) is 16.4. The van der Waals surface area contributed by atoms with Crippen molar-refractivity contribution in [1.29, 1.82) is 0 Å². The highest BCUT2D eigenvalue weighted by atomic mass is 35.5. The monoisotopic (exact) mass is 441 g/mol. The first-order chi connectivity index (χ1) is 13.9. The van der Waals surface area contributed by atoms with E-state index in [1.807, 2.05) is 0 Å². The fraction of sp³-hybridized carbons (Fsp3) is 0.211. The van der Waals surface area contributed by atoms with E-state index < -0.39 is 5.76 Å². The molecule has 10 heteroatoms. The van der Waals surface area contributed by atoms with Gasteiger partial charge >= 0.3 is 0 Å². The van der Waals surface area contributed by atoms with Crippen molar-refractivity contribution in [2.24, 2.45) is 0 Å². The lowest BCUT2D eigenvalue weighted by Gasteiger charge is -2.11. The zero-order chi connectivity index (χ0) is 20.8. The molecule has 0 unspecified atom stereocenters. The molecule has 0 bridgehead atoms. The van der Waals surface area contributed by atoms with Gasteiger partial charge in [-0.3, -0.25) is 4.79 Å². The molecule has 3 aromatic rings. The fourth-order valence-electron chi connectivity index (χ4n) is 2.50. The molecule has 5 nitrogen and oxygen atoms in total. The van der Waals surface area contributed by atoms with E-state index in [1.54, 1.807) is 6.07 Å². The lowest BCUT2D eigenvalue weighted by Crippen LogP contribution is -2.12. The van der Waals surface area contributed by atoms with Gasteiger partial charge < -0.3 is 9.84 Å². The highest BCUT2D eigenvalue weighted by Crippen LogP contribution is 2.37. The molecule has 0 atom stereocenters. The average Bonchev–Trinajstić information content (AvgIpc) is 3.14. The predicted octanol–water partition coefficient (Wildman–Crippen LogP) is 5.81. The molecule has 1 aromatic heterocycles. The molecule has 1 amide bonds. The van der Waals surface area contributed by atoms with Crippen molar-refractivity contribution >= 4 is 35.0 Å². The summed E-state index contributed by atoms with van der Waals surface area (Å²) in [6, 6.07) is 10.2. The number of thioether (sulfide) groups is 1. The molecule has 0 spiro atoms. The Labute approximate surface area is 173 Å². The Morgan fingerprint density at radius 2 is 1.97 bits per heavy atom. The van der Waals surface area contributed by atoms with Gasteiger partial charge in [0, 0.05) is 18.4 Å². The largest absolute Gasteiger partial charge is 0.339 e. The number of hydrogen-bond donors (Lipinski definition) is 1. The molecule has 2 aromatic carbocycles. The summed E-state index contributed by atoms with van der Waals surface area (Å²) in [6.45, 7) is 0. The summed E-state index contributed by atoms with van der Waals surface area (Å²) in [5.41, 5.74) is 0.855. The maximum atomic E-state index is 13.0. The number of nitrogens with zero attached hydrogens (tertiary/aromatic N) is 2. The summed E-state index contributed by atoms with van der Waals surface area (Å²) in [5.74, 6) is -2.69. The maximum Gasteiger partial charge on any atom is 0.289 e. The Morgan fingerprint density at radius 3 is 2.69 bits per heavy atom. The Morgan fingerprint density at radius 1 is 1.21 bits per heavy atom. The van der Waals surface area contributed by atoms with Crippen LogP contribution < -0.4 is 5.32 Å². The Hall–Kier alpha value is -2.52. The van der Waals surface area contributed by atoms with Gasteiger partial charge in [0.15, 0.2) is 0 Å². The van der Waals surface area contributed by atoms with Crippen molar-refractivity contribution < 1.29 is 22.5 Å². The van der Waals surface area contributed by atoms with E-state index in [0.717, 1.165) is 0 Å². The van der Waals surface area contributed by atoms with Crippen molar-refractivity contribution in [2.45, 2.75) is 29.9 Å². The van der Waals surface area contributed by atoms with Gasteiger partial charge in [-0.15, -0.1) is 0 Å². The Bertz CT molecular complexity index is 983. The number of carbonyl (C=O) groups excluding carboxylic acids is 1. The van der Waals surface area contributed by atoms with E-state index in [1.165, 1.54) is 36.4 Å². The number of nitrogens with one attached hydrogen (secondary N) is 1. The van der Waals surface area contributed by atoms with E-state index in [4.69, 9.17) is 16.1 Å². The second-order valence-corrected chi connectivity index (χ2v) is 7.32. The first kappa shape index (κ1) is 21.2. The fourth-order valence-corrected chi connectivity index (χ4v) is 3.41. The third-order valence-corrected chi connectivity index (χ3v) is 5.09. The second-order valence-electron chi connectivity index (χ2n) is 5.92. The summed E-state index contributed by atoms with van der Waals surface area (Å²) in [6.07, 6.45) is 0.893. The standard InChI is InChI=1S/C19H15ClF3N3O2S/c20-13-3-1-4-14(17(13)29-19(22)23)24-15(27)5-2-6-16-25-18(26-28-16)11-7-9-12(21)10-8-11/h1,3-4,7-10,19H,2,5-6H2,(H,24,27). The normalized spacial score (nSPS) is 11.1. The molecule has 0 aliphatic rings. The van der Waals surface area contributed by atoms with Crippen molar-refractivity contribution in [1.82, 2.24) is 10.1 Å². The van der Waals surface area contributed by atoms with E-state index in [9.17, 15) is 18.0 Å². The van der Waals surface area contributed by atoms with E-state index in [2.05, 4.69) is 15.5 Å². The van der Waals surface area contributed by atoms with Crippen molar-refractivity contribution in [3.8, 4) is 11.4 Å². The number of halogens is 4. The number of amides is 1. The molecular formula is C19H15ClF3N3O2S. The summed E-state index contributed by atoms with van der Waals surface area (Å²) in [5, 5.41) is 6.58. The first-order valence-corrected chi connectivity index (χ1v) is 9.80. The highest BCUT2D eigenvalue weighted by molar-refractivity contribution is 7.99. The summed E-state index contributed by atoms with van der Waals surface area (Å²) >= 11 is 6.23. The number of benzene rings is 2. The summed E-state index contributed by atoms with van der Waals surface area (Å²) in [4.78, 5) is 16.5. The molecule has 0 saturated heterocycles. The molecule has 0 fully saturated rings. The third-order valence-electron chi connectivity index (χ3n) is 3.81. The molecule has 0 radical (unpaired) electrons. The number of alkyl halides is 2. The van der Waals surface area contributed by atoms with Gasteiger partial charge in [0.25, 0.3) is 5.76 Å². The minimum absolute atomic E-state index is 0.123. The van der Waals surface area contributed by atoms with Crippen molar-refractivity contribution in [2.75, 3.05) is 5.32 Å².